The van der Waals surface area contributed by atoms with Gasteiger partial charge in [-0.05, 0) is 17.7 Å². The smallest absolute Gasteiger partial charge is 0.328 e. The molecule has 0 fully saturated rings. The maximum atomic E-state index is 10.6. The predicted octanol–water partition coefficient (Wildman–Crippen LogP) is 2.96. The number of nitrogens with zero attached hydrogens (tertiary/aromatic N) is 1. The molecule has 0 saturated heterocycles. The summed E-state index contributed by atoms with van der Waals surface area (Å²) in [6.45, 7) is 8.82. The average molecular weight is 243 g/mol. The molecule has 0 aromatic heterocycles. The molecule has 0 saturated carbocycles. The zero-order valence-corrected chi connectivity index (χ0v) is 10.2. The van der Waals surface area contributed by atoms with Crippen molar-refractivity contribution in [1.82, 2.24) is 0 Å². The maximum absolute atomic E-state index is 10.6. The molecule has 0 unspecified atom stereocenters. The monoisotopic (exact) mass is 243 g/mol. The van der Waals surface area contributed by atoms with Crippen LogP contribution in [0.2, 0.25) is 0 Å². The van der Waals surface area contributed by atoms with Gasteiger partial charge in [0.2, 0.25) is 0 Å². The van der Waals surface area contributed by atoms with Crippen molar-refractivity contribution in [3.8, 4) is 0 Å². The van der Waals surface area contributed by atoms with Crippen LogP contribution >= 0.6 is 0 Å². The minimum Gasteiger partial charge on any atom is -0.478 e. The molecule has 0 aliphatic heterocycles. The van der Waals surface area contributed by atoms with E-state index in [-0.39, 0.29) is 0 Å². The number of carboxylic acid groups (broad SMARTS) is 1. The van der Waals surface area contributed by atoms with Crippen LogP contribution in [0.25, 0.3) is 6.08 Å². The van der Waals surface area contributed by atoms with Crippen LogP contribution in [0.4, 0.5) is 5.69 Å². The molecule has 1 N–H and O–H groups in total. The highest BCUT2D eigenvalue weighted by molar-refractivity contribution is 5.87. The number of hydrogen-bond donors (Lipinski definition) is 1. The molecule has 0 atom stereocenters. The van der Waals surface area contributed by atoms with Gasteiger partial charge in [-0.25, -0.2) is 4.79 Å². The zero-order chi connectivity index (χ0) is 13.4. The standard InChI is InChI=1S/C15H17NO2/c1-3-11-16(12-4-2)14-8-6-5-7-13(14)9-10-15(17)18/h3-10H,1-2,11-12H2,(H,17,18)/b10-9+. The van der Waals surface area contributed by atoms with Crippen LogP contribution in [0.1, 0.15) is 5.56 Å². The van der Waals surface area contributed by atoms with Crippen molar-refractivity contribution in [2.45, 2.75) is 0 Å². The van der Waals surface area contributed by atoms with E-state index in [0.29, 0.717) is 13.1 Å². The Bertz CT molecular complexity index is 453. The third-order valence-corrected chi connectivity index (χ3v) is 2.38. The van der Waals surface area contributed by atoms with Gasteiger partial charge in [-0.15, -0.1) is 13.2 Å². The van der Waals surface area contributed by atoms with Crippen molar-refractivity contribution in [3.63, 3.8) is 0 Å². The molecular formula is C15H17NO2. The molecule has 1 aromatic rings. The van der Waals surface area contributed by atoms with Gasteiger partial charge in [0, 0.05) is 24.9 Å². The molecule has 3 nitrogen and oxygen atoms in total. The average Bonchev–Trinajstić information content (AvgIpc) is 2.36. The topological polar surface area (TPSA) is 40.5 Å². The number of rotatable bonds is 7. The number of anilines is 1. The fraction of sp³-hybridized carbons (Fsp3) is 0.133. The molecule has 0 spiro atoms. The Labute approximate surface area is 107 Å². The molecule has 1 rings (SSSR count). The molecule has 18 heavy (non-hydrogen) atoms. The van der Waals surface area contributed by atoms with Gasteiger partial charge in [-0.2, -0.15) is 0 Å². The van der Waals surface area contributed by atoms with Gasteiger partial charge in [-0.3, -0.25) is 0 Å². The van der Waals surface area contributed by atoms with E-state index in [1.165, 1.54) is 0 Å². The molecule has 0 amide bonds. The molecular weight excluding hydrogens is 226 g/mol. The first kappa shape index (κ1) is 13.8. The molecule has 1 aromatic carbocycles. The number of hydrogen-bond acceptors (Lipinski definition) is 2. The molecule has 0 bridgehead atoms. The highest BCUT2D eigenvalue weighted by Crippen LogP contribution is 2.21. The van der Waals surface area contributed by atoms with E-state index in [4.69, 9.17) is 5.11 Å². The van der Waals surface area contributed by atoms with Gasteiger partial charge in [-0.1, -0.05) is 30.4 Å². The first-order valence-electron chi connectivity index (χ1n) is 5.65. The first-order valence-corrected chi connectivity index (χ1v) is 5.65. The highest BCUT2D eigenvalue weighted by Gasteiger charge is 2.06. The first-order chi connectivity index (χ1) is 8.69. The van der Waals surface area contributed by atoms with Gasteiger partial charge >= 0.3 is 5.97 Å². The summed E-state index contributed by atoms with van der Waals surface area (Å²) < 4.78 is 0. The lowest BCUT2D eigenvalue weighted by Crippen LogP contribution is -2.23. The van der Waals surface area contributed by atoms with Crippen LogP contribution in [0, 0.1) is 0 Å². The van der Waals surface area contributed by atoms with Gasteiger partial charge < -0.3 is 10.0 Å². The second kappa shape index (κ2) is 7.12. The fourth-order valence-corrected chi connectivity index (χ4v) is 1.66. The Morgan fingerprint density at radius 2 is 1.83 bits per heavy atom. The lowest BCUT2D eigenvalue weighted by atomic mass is 10.1. The van der Waals surface area contributed by atoms with E-state index < -0.39 is 5.97 Å². The summed E-state index contributed by atoms with van der Waals surface area (Å²) in [7, 11) is 0. The summed E-state index contributed by atoms with van der Waals surface area (Å²) in [6.07, 6.45) is 6.35. The summed E-state index contributed by atoms with van der Waals surface area (Å²) in [4.78, 5) is 12.6. The van der Waals surface area contributed by atoms with E-state index >= 15 is 0 Å². The highest BCUT2D eigenvalue weighted by atomic mass is 16.4. The molecule has 0 aliphatic rings. The van der Waals surface area contributed by atoms with Crippen LogP contribution in [0.3, 0.4) is 0 Å². The van der Waals surface area contributed by atoms with Crippen molar-refractivity contribution in [2.75, 3.05) is 18.0 Å². The van der Waals surface area contributed by atoms with Crippen molar-refractivity contribution in [3.05, 3.63) is 61.2 Å². The lowest BCUT2D eigenvalue weighted by Gasteiger charge is -2.23. The molecule has 3 heteroatoms. The van der Waals surface area contributed by atoms with Crippen LogP contribution in [0.5, 0.6) is 0 Å². The van der Waals surface area contributed by atoms with E-state index in [0.717, 1.165) is 17.3 Å². The number of benzene rings is 1. The lowest BCUT2D eigenvalue weighted by molar-refractivity contribution is -0.131. The molecule has 94 valence electrons. The Morgan fingerprint density at radius 1 is 1.22 bits per heavy atom. The van der Waals surface area contributed by atoms with E-state index in [1.807, 2.05) is 24.3 Å². The third kappa shape index (κ3) is 3.94. The van der Waals surface area contributed by atoms with E-state index in [1.54, 1.807) is 18.2 Å². The van der Waals surface area contributed by atoms with E-state index in [9.17, 15) is 4.79 Å². The minimum atomic E-state index is -0.955. The Kier molecular flexibility index (Phi) is 5.45. The third-order valence-electron chi connectivity index (χ3n) is 2.38. The summed E-state index contributed by atoms with van der Waals surface area (Å²) in [6, 6.07) is 7.64. The summed E-state index contributed by atoms with van der Waals surface area (Å²) >= 11 is 0. The van der Waals surface area contributed by atoms with Crippen molar-refractivity contribution >= 4 is 17.7 Å². The van der Waals surface area contributed by atoms with Gasteiger partial charge in [0.05, 0.1) is 0 Å². The van der Waals surface area contributed by atoms with Crippen molar-refractivity contribution in [1.29, 1.82) is 0 Å². The molecule has 0 aliphatic carbocycles. The zero-order valence-electron chi connectivity index (χ0n) is 10.2. The normalized spacial score (nSPS) is 10.2. The van der Waals surface area contributed by atoms with Crippen LogP contribution < -0.4 is 4.90 Å². The quantitative estimate of drug-likeness (QED) is 0.591. The Morgan fingerprint density at radius 3 is 2.39 bits per heavy atom. The largest absolute Gasteiger partial charge is 0.478 e. The maximum Gasteiger partial charge on any atom is 0.328 e. The summed E-state index contributed by atoms with van der Waals surface area (Å²) in [5.41, 5.74) is 1.83. The molecule has 0 heterocycles. The molecule has 0 radical (unpaired) electrons. The second-order valence-corrected chi connectivity index (χ2v) is 3.71. The fourth-order valence-electron chi connectivity index (χ4n) is 1.66. The van der Waals surface area contributed by atoms with Gasteiger partial charge in [0.1, 0.15) is 0 Å². The van der Waals surface area contributed by atoms with Crippen LogP contribution in [-0.2, 0) is 4.79 Å². The summed E-state index contributed by atoms with van der Waals surface area (Å²) in [5, 5.41) is 8.68. The number of aliphatic carboxylic acids is 1. The second-order valence-electron chi connectivity index (χ2n) is 3.71. The Balaban J connectivity index is 3.08. The van der Waals surface area contributed by atoms with Gasteiger partial charge in [0.15, 0.2) is 0 Å². The van der Waals surface area contributed by atoms with E-state index in [2.05, 4.69) is 18.1 Å². The number of carbonyl (C=O) groups is 1. The predicted molar refractivity (Wildman–Crippen MR) is 75.7 cm³/mol. The van der Waals surface area contributed by atoms with Crippen LogP contribution in [-0.4, -0.2) is 24.2 Å². The SMILES string of the molecule is C=CCN(CC=C)c1ccccc1/C=C/C(=O)O. The van der Waals surface area contributed by atoms with Crippen LogP contribution in [0.15, 0.2) is 55.7 Å². The van der Waals surface area contributed by atoms with Gasteiger partial charge in [0.25, 0.3) is 0 Å². The van der Waals surface area contributed by atoms with Crippen molar-refractivity contribution in [2.24, 2.45) is 0 Å². The number of para-hydroxylation sites is 1. The minimum absolute atomic E-state index is 0.684. The Hall–Kier alpha value is -2.29. The number of carboxylic acids is 1. The van der Waals surface area contributed by atoms with Crippen molar-refractivity contribution < 1.29 is 9.90 Å². The summed E-state index contributed by atoms with van der Waals surface area (Å²) in [5.74, 6) is -0.955.